The van der Waals surface area contributed by atoms with Gasteiger partial charge in [0.05, 0.1) is 5.92 Å². The minimum Gasteiger partial charge on any atom is -0.340 e. The second-order valence-corrected chi connectivity index (χ2v) is 6.53. The van der Waals surface area contributed by atoms with E-state index in [1.165, 1.54) is 5.56 Å². The van der Waals surface area contributed by atoms with Crippen LogP contribution in [-0.4, -0.2) is 42.5 Å². The standard InChI is InChI=1S/C17H25N3O/c1-13(16(21)20-10-8-19-9-11-20)15-5-3-2-4-14(15)12-17(18)6-7-17/h2-5,13,19H,6-12,18H2,1H3. The third-order valence-corrected chi connectivity index (χ3v) is 4.76. The molecular weight excluding hydrogens is 262 g/mol. The average Bonchev–Trinajstić information content (AvgIpc) is 3.24. The van der Waals surface area contributed by atoms with Gasteiger partial charge < -0.3 is 16.0 Å². The highest BCUT2D eigenvalue weighted by atomic mass is 16.2. The molecule has 2 fully saturated rings. The van der Waals surface area contributed by atoms with E-state index < -0.39 is 0 Å². The molecule has 4 nitrogen and oxygen atoms in total. The van der Waals surface area contributed by atoms with E-state index >= 15 is 0 Å². The zero-order valence-electron chi connectivity index (χ0n) is 12.8. The predicted octanol–water partition coefficient (Wildman–Crippen LogP) is 1.26. The van der Waals surface area contributed by atoms with Crippen LogP contribution >= 0.6 is 0 Å². The number of piperazine rings is 1. The van der Waals surface area contributed by atoms with Gasteiger partial charge in [0.25, 0.3) is 0 Å². The Kier molecular flexibility index (Phi) is 4.00. The van der Waals surface area contributed by atoms with Crippen LogP contribution in [0.5, 0.6) is 0 Å². The lowest BCUT2D eigenvalue weighted by molar-refractivity contribution is -0.133. The highest BCUT2D eigenvalue weighted by molar-refractivity contribution is 5.84. The van der Waals surface area contributed by atoms with Crippen LogP contribution in [0.25, 0.3) is 0 Å². The summed E-state index contributed by atoms with van der Waals surface area (Å²) in [6.45, 7) is 5.44. The van der Waals surface area contributed by atoms with Crippen molar-refractivity contribution in [2.75, 3.05) is 26.2 Å². The van der Waals surface area contributed by atoms with E-state index in [1.54, 1.807) is 0 Å². The van der Waals surface area contributed by atoms with Crippen LogP contribution in [0.3, 0.4) is 0 Å². The molecule has 1 aliphatic carbocycles. The highest BCUT2D eigenvalue weighted by Crippen LogP contribution is 2.37. The number of benzene rings is 1. The number of nitrogens with two attached hydrogens (primary N) is 1. The first-order chi connectivity index (χ1) is 10.1. The summed E-state index contributed by atoms with van der Waals surface area (Å²) >= 11 is 0. The Balaban J connectivity index is 1.76. The van der Waals surface area contributed by atoms with Gasteiger partial charge in [0.1, 0.15) is 0 Å². The topological polar surface area (TPSA) is 58.4 Å². The SMILES string of the molecule is CC(C(=O)N1CCNCC1)c1ccccc1CC1(N)CC1. The maximum absolute atomic E-state index is 12.7. The summed E-state index contributed by atoms with van der Waals surface area (Å²) in [5.41, 5.74) is 8.64. The van der Waals surface area contributed by atoms with Gasteiger partial charge in [-0.25, -0.2) is 0 Å². The molecule has 1 saturated heterocycles. The smallest absolute Gasteiger partial charge is 0.229 e. The fourth-order valence-electron chi connectivity index (χ4n) is 3.13. The summed E-state index contributed by atoms with van der Waals surface area (Å²) in [6, 6.07) is 8.29. The van der Waals surface area contributed by atoms with E-state index in [4.69, 9.17) is 5.73 Å². The summed E-state index contributed by atoms with van der Waals surface area (Å²) in [7, 11) is 0. The molecule has 0 radical (unpaired) electrons. The molecule has 0 bridgehead atoms. The van der Waals surface area contributed by atoms with Crippen LogP contribution in [0, 0.1) is 0 Å². The normalized spacial score (nSPS) is 21.9. The Morgan fingerprint density at radius 1 is 1.33 bits per heavy atom. The van der Waals surface area contributed by atoms with E-state index in [1.807, 2.05) is 24.0 Å². The molecule has 2 aliphatic rings. The minimum atomic E-state index is -0.0818. The quantitative estimate of drug-likeness (QED) is 0.876. The molecule has 4 heteroatoms. The maximum Gasteiger partial charge on any atom is 0.229 e. The predicted molar refractivity (Wildman–Crippen MR) is 84.2 cm³/mol. The number of carbonyl (C=O) groups is 1. The van der Waals surface area contributed by atoms with Gasteiger partial charge in [0, 0.05) is 31.7 Å². The third kappa shape index (κ3) is 3.27. The second-order valence-electron chi connectivity index (χ2n) is 6.53. The van der Waals surface area contributed by atoms with Crippen molar-refractivity contribution in [3.8, 4) is 0 Å². The lowest BCUT2D eigenvalue weighted by Gasteiger charge is -2.30. The Bertz CT molecular complexity index is 519. The first kappa shape index (κ1) is 14.5. The minimum absolute atomic E-state index is 0.0199. The van der Waals surface area contributed by atoms with Gasteiger partial charge >= 0.3 is 0 Å². The fourth-order valence-corrected chi connectivity index (χ4v) is 3.13. The summed E-state index contributed by atoms with van der Waals surface area (Å²) in [5.74, 6) is 0.160. The molecule has 1 unspecified atom stereocenters. The summed E-state index contributed by atoms with van der Waals surface area (Å²) in [5, 5.41) is 3.29. The number of carbonyl (C=O) groups excluding carboxylic acids is 1. The van der Waals surface area contributed by atoms with Crippen molar-refractivity contribution in [3.63, 3.8) is 0 Å². The van der Waals surface area contributed by atoms with Crippen LogP contribution in [0.1, 0.15) is 36.8 Å². The molecule has 3 N–H and O–H groups in total. The van der Waals surface area contributed by atoms with E-state index in [-0.39, 0.29) is 17.4 Å². The van der Waals surface area contributed by atoms with Crippen LogP contribution in [0.15, 0.2) is 24.3 Å². The molecule has 114 valence electrons. The van der Waals surface area contributed by atoms with Gasteiger partial charge in [-0.1, -0.05) is 24.3 Å². The van der Waals surface area contributed by atoms with E-state index in [2.05, 4.69) is 17.4 Å². The van der Waals surface area contributed by atoms with Crippen molar-refractivity contribution in [1.29, 1.82) is 0 Å². The number of nitrogens with one attached hydrogen (secondary N) is 1. The van der Waals surface area contributed by atoms with E-state index in [9.17, 15) is 4.79 Å². The first-order valence-corrected chi connectivity index (χ1v) is 7.95. The second kappa shape index (κ2) is 5.78. The molecule has 1 heterocycles. The lowest BCUT2D eigenvalue weighted by atomic mass is 9.90. The van der Waals surface area contributed by atoms with Crippen molar-refractivity contribution in [2.45, 2.75) is 37.6 Å². The van der Waals surface area contributed by atoms with Crippen LogP contribution in [0.4, 0.5) is 0 Å². The molecule has 1 aromatic rings. The molecular formula is C17H25N3O. The Hall–Kier alpha value is -1.39. The van der Waals surface area contributed by atoms with Gasteiger partial charge in [0.15, 0.2) is 0 Å². The Morgan fingerprint density at radius 3 is 2.67 bits per heavy atom. The summed E-state index contributed by atoms with van der Waals surface area (Å²) in [6.07, 6.45) is 3.09. The van der Waals surface area contributed by atoms with Gasteiger partial charge in [-0.05, 0) is 37.3 Å². The van der Waals surface area contributed by atoms with Gasteiger partial charge in [-0.3, -0.25) is 4.79 Å². The molecule has 3 rings (SSSR count). The molecule has 1 aliphatic heterocycles. The van der Waals surface area contributed by atoms with Crippen LogP contribution in [-0.2, 0) is 11.2 Å². The highest BCUT2D eigenvalue weighted by Gasteiger charge is 2.39. The van der Waals surface area contributed by atoms with Crippen LogP contribution in [0.2, 0.25) is 0 Å². The number of hydrogen-bond acceptors (Lipinski definition) is 3. The van der Waals surface area contributed by atoms with Crippen molar-refractivity contribution in [2.24, 2.45) is 5.73 Å². The lowest BCUT2D eigenvalue weighted by Crippen LogP contribution is -2.47. The van der Waals surface area contributed by atoms with Crippen molar-refractivity contribution in [3.05, 3.63) is 35.4 Å². The molecule has 1 aromatic carbocycles. The first-order valence-electron chi connectivity index (χ1n) is 7.95. The zero-order valence-corrected chi connectivity index (χ0v) is 12.8. The molecule has 0 aromatic heterocycles. The summed E-state index contributed by atoms with van der Waals surface area (Å²) < 4.78 is 0. The summed E-state index contributed by atoms with van der Waals surface area (Å²) in [4.78, 5) is 14.7. The molecule has 1 atom stereocenters. The van der Waals surface area contributed by atoms with E-state index in [0.717, 1.165) is 51.0 Å². The van der Waals surface area contributed by atoms with E-state index in [0.29, 0.717) is 0 Å². The van der Waals surface area contributed by atoms with Gasteiger partial charge in [-0.15, -0.1) is 0 Å². The van der Waals surface area contributed by atoms with Crippen molar-refractivity contribution >= 4 is 5.91 Å². The van der Waals surface area contributed by atoms with Crippen LogP contribution < -0.4 is 11.1 Å². The molecule has 21 heavy (non-hydrogen) atoms. The van der Waals surface area contributed by atoms with Gasteiger partial charge in [-0.2, -0.15) is 0 Å². The zero-order chi connectivity index (χ0) is 14.9. The fraction of sp³-hybridized carbons (Fsp3) is 0.588. The molecule has 0 spiro atoms. The monoisotopic (exact) mass is 287 g/mol. The number of amides is 1. The number of hydrogen-bond donors (Lipinski definition) is 2. The Labute approximate surface area is 126 Å². The molecule has 1 amide bonds. The van der Waals surface area contributed by atoms with Crippen molar-refractivity contribution in [1.82, 2.24) is 10.2 Å². The number of nitrogens with zero attached hydrogens (tertiary/aromatic N) is 1. The van der Waals surface area contributed by atoms with Crippen molar-refractivity contribution < 1.29 is 4.79 Å². The maximum atomic E-state index is 12.7. The largest absolute Gasteiger partial charge is 0.340 e. The average molecular weight is 287 g/mol. The van der Waals surface area contributed by atoms with Gasteiger partial charge in [0.2, 0.25) is 5.91 Å². The Morgan fingerprint density at radius 2 is 2.00 bits per heavy atom. The third-order valence-electron chi connectivity index (χ3n) is 4.76. The number of rotatable bonds is 4. The molecule has 1 saturated carbocycles.